The van der Waals surface area contributed by atoms with Gasteiger partial charge in [-0.25, -0.2) is 0 Å². The van der Waals surface area contributed by atoms with Gasteiger partial charge in [0.05, 0.1) is 0 Å². The van der Waals surface area contributed by atoms with Crippen molar-refractivity contribution in [2.24, 2.45) is 5.92 Å². The van der Waals surface area contributed by atoms with E-state index in [2.05, 4.69) is 158 Å². The minimum absolute atomic E-state index is 0.338. The Morgan fingerprint density at radius 2 is 0.979 bits per heavy atom. The number of aromatic nitrogens is 2. The fraction of sp³-hybridized carbons (Fsp3) is 0.111. The lowest BCUT2D eigenvalue weighted by Gasteiger charge is -2.23. The van der Waals surface area contributed by atoms with Gasteiger partial charge >= 0.3 is 0 Å². The SMILES string of the molecule is Cc1ccncc1-c1ccc(-c2c3ccccc3c(-c3ccc(-c4cnccc4C)cc3)c3cc(C4C=CC=CC4C)ccc23)cc1. The zero-order valence-electron chi connectivity index (χ0n) is 27.0. The van der Waals surface area contributed by atoms with E-state index < -0.39 is 0 Å². The van der Waals surface area contributed by atoms with Crippen molar-refractivity contribution >= 4 is 21.5 Å². The molecule has 0 fully saturated rings. The highest BCUT2D eigenvalue weighted by Crippen LogP contribution is 2.45. The Hall–Kier alpha value is -5.60. The second-order valence-corrected chi connectivity index (χ2v) is 12.8. The Balaban J connectivity index is 1.36. The molecule has 0 N–H and O–H groups in total. The molecule has 226 valence electrons. The lowest BCUT2D eigenvalue weighted by molar-refractivity contribution is 0.636. The summed E-state index contributed by atoms with van der Waals surface area (Å²) >= 11 is 0. The van der Waals surface area contributed by atoms with Crippen molar-refractivity contribution in [3.8, 4) is 44.5 Å². The molecule has 0 saturated carbocycles. The van der Waals surface area contributed by atoms with Gasteiger partial charge in [0, 0.05) is 41.8 Å². The summed E-state index contributed by atoms with van der Waals surface area (Å²) in [6, 6.07) is 38.3. The molecule has 0 bridgehead atoms. The van der Waals surface area contributed by atoms with Crippen molar-refractivity contribution in [1.29, 1.82) is 0 Å². The van der Waals surface area contributed by atoms with Gasteiger partial charge in [-0.05, 0) is 110 Å². The molecule has 7 aromatic rings. The number of nitrogens with zero attached hydrogens (tertiary/aromatic N) is 2. The van der Waals surface area contributed by atoms with Gasteiger partial charge in [-0.15, -0.1) is 0 Å². The molecule has 0 aliphatic heterocycles. The van der Waals surface area contributed by atoms with Gasteiger partial charge in [0.2, 0.25) is 0 Å². The molecule has 47 heavy (non-hydrogen) atoms. The summed E-state index contributed by atoms with van der Waals surface area (Å²) in [4.78, 5) is 8.79. The molecule has 1 aliphatic carbocycles. The van der Waals surface area contributed by atoms with Crippen molar-refractivity contribution in [3.05, 3.63) is 169 Å². The van der Waals surface area contributed by atoms with Gasteiger partial charge in [0.1, 0.15) is 0 Å². The van der Waals surface area contributed by atoms with Gasteiger partial charge in [-0.3, -0.25) is 9.97 Å². The lowest BCUT2D eigenvalue weighted by Crippen LogP contribution is -2.07. The normalized spacial score (nSPS) is 15.8. The minimum atomic E-state index is 0.338. The summed E-state index contributed by atoms with van der Waals surface area (Å²) in [7, 11) is 0. The molecule has 2 atom stereocenters. The van der Waals surface area contributed by atoms with Crippen LogP contribution < -0.4 is 0 Å². The molecule has 2 unspecified atom stereocenters. The minimum Gasteiger partial charge on any atom is -0.264 e. The van der Waals surface area contributed by atoms with E-state index in [4.69, 9.17) is 0 Å². The van der Waals surface area contributed by atoms with E-state index in [0.29, 0.717) is 11.8 Å². The van der Waals surface area contributed by atoms with Gasteiger partial charge in [0.15, 0.2) is 0 Å². The van der Waals surface area contributed by atoms with Crippen molar-refractivity contribution in [2.45, 2.75) is 26.7 Å². The van der Waals surface area contributed by atoms with Gasteiger partial charge < -0.3 is 0 Å². The predicted molar refractivity (Wildman–Crippen MR) is 198 cm³/mol. The van der Waals surface area contributed by atoms with Crippen LogP contribution in [0.3, 0.4) is 0 Å². The summed E-state index contributed by atoms with van der Waals surface area (Å²) in [5, 5.41) is 5.07. The average molecular weight is 605 g/mol. The number of hydrogen-bond acceptors (Lipinski definition) is 2. The first-order chi connectivity index (χ1) is 23.1. The summed E-state index contributed by atoms with van der Waals surface area (Å²) in [5.74, 6) is 0.774. The molecule has 2 heteroatoms. The van der Waals surface area contributed by atoms with Crippen LogP contribution in [0.2, 0.25) is 0 Å². The van der Waals surface area contributed by atoms with E-state index >= 15 is 0 Å². The fourth-order valence-corrected chi connectivity index (χ4v) is 7.32. The molecule has 2 nitrogen and oxygen atoms in total. The van der Waals surface area contributed by atoms with Crippen LogP contribution in [0.25, 0.3) is 66.1 Å². The first-order valence-electron chi connectivity index (χ1n) is 16.4. The molecule has 2 heterocycles. The van der Waals surface area contributed by atoms with Crippen LogP contribution in [0.1, 0.15) is 29.5 Å². The van der Waals surface area contributed by atoms with Gasteiger partial charge in [-0.2, -0.15) is 0 Å². The average Bonchev–Trinajstić information content (AvgIpc) is 3.11. The third-order valence-electron chi connectivity index (χ3n) is 9.89. The summed E-state index contributed by atoms with van der Waals surface area (Å²) in [6.45, 7) is 6.60. The second-order valence-electron chi connectivity index (χ2n) is 12.8. The molecule has 0 saturated heterocycles. The molecular weight excluding hydrogens is 569 g/mol. The largest absolute Gasteiger partial charge is 0.264 e. The van der Waals surface area contributed by atoms with E-state index in [-0.39, 0.29) is 0 Å². The molecule has 5 aromatic carbocycles. The number of rotatable bonds is 5. The first-order valence-corrected chi connectivity index (χ1v) is 16.4. The van der Waals surface area contributed by atoms with Crippen molar-refractivity contribution < 1.29 is 0 Å². The standard InChI is InChI=1S/C45H36N2/c1-29-8-4-5-9-37(29)36-20-21-40-41(26-36)45(35-18-14-33(15-19-35)43-28-47-25-23-31(43)3)39-11-7-6-10-38(39)44(40)34-16-12-32(13-17-34)42-27-46-24-22-30(42)2/h4-29,37H,1-3H3. The van der Waals surface area contributed by atoms with Gasteiger partial charge in [0.25, 0.3) is 0 Å². The number of fused-ring (bicyclic) bond motifs is 2. The Labute approximate surface area is 276 Å². The number of pyridine rings is 2. The third-order valence-corrected chi connectivity index (χ3v) is 9.89. The summed E-state index contributed by atoms with van der Waals surface area (Å²) < 4.78 is 0. The first kappa shape index (κ1) is 28.8. The van der Waals surface area contributed by atoms with E-state index in [0.717, 1.165) is 0 Å². The molecule has 0 radical (unpaired) electrons. The molecule has 0 amide bonds. The number of aryl methyl sites for hydroxylation is 2. The highest BCUT2D eigenvalue weighted by Gasteiger charge is 2.21. The number of allylic oxidation sites excluding steroid dienone is 4. The Bertz CT molecular complexity index is 2330. The van der Waals surface area contributed by atoms with Crippen LogP contribution in [0.5, 0.6) is 0 Å². The number of benzene rings is 5. The maximum Gasteiger partial charge on any atom is 0.0349 e. The monoisotopic (exact) mass is 604 g/mol. The zero-order valence-corrected chi connectivity index (χ0v) is 27.0. The Morgan fingerprint density at radius 3 is 1.51 bits per heavy atom. The van der Waals surface area contributed by atoms with Crippen LogP contribution in [0.15, 0.2) is 152 Å². The predicted octanol–water partition coefficient (Wildman–Crippen LogP) is 11.9. The van der Waals surface area contributed by atoms with E-state index in [1.54, 1.807) is 0 Å². The molecular formula is C45H36N2. The molecule has 1 aliphatic rings. The highest BCUT2D eigenvalue weighted by atomic mass is 14.6. The smallest absolute Gasteiger partial charge is 0.0349 e. The molecule has 8 rings (SSSR count). The zero-order chi connectivity index (χ0) is 31.9. The van der Waals surface area contributed by atoms with Crippen LogP contribution in [0, 0.1) is 19.8 Å². The Kier molecular flexibility index (Phi) is 7.34. The molecule has 2 aromatic heterocycles. The van der Waals surface area contributed by atoms with Crippen molar-refractivity contribution in [2.75, 3.05) is 0 Å². The fourth-order valence-electron chi connectivity index (χ4n) is 7.32. The van der Waals surface area contributed by atoms with Crippen LogP contribution in [-0.4, -0.2) is 9.97 Å². The van der Waals surface area contributed by atoms with E-state index in [1.165, 1.54) is 82.7 Å². The molecule has 0 spiro atoms. The quantitative estimate of drug-likeness (QED) is 0.183. The third kappa shape index (κ3) is 5.16. The summed E-state index contributed by atoms with van der Waals surface area (Å²) in [5.41, 5.74) is 13.5. The second kappa shape index (κ2) is 12.0. The summed E-state index contributed by atoms with van der Waals surface area (Å²) in [6.07, 6.45) is 16.6. The number of hydrogen-bond donors (Lipinski definition) is 0. The maximum absolute atomic E-state index is 4.40. The van der Waals surface area contributed by atoms with Crippen LogP contribution in [-0.2, 0) is 0 Å². The van der Waals surface area contributed by atoms with Crippen molar-refractivity contribution in [1.82, 2.24) is 9.97 Å². The lowest BCUT2D eigenvalue weighted by atomic mass is 9.80. The highest BCUT2D eigenvalue weighted by molar-refractivity contribution is 6.21. The van der Waals surface area contributed by atoms with Gasteiger partial charge in [-0.1, -0.05) is 116 Å². The Morgan fingerprint density at radius 1 is 0.489 bits per heavy atom. The van der Waals surface area contributed by atoms with Crippen LogP contribution in [0.4, 0.5) is 0 Å². The topological polar surface area (TPSA) is 25.8 Å². The maximum atomic E-state index is 4.40. The van der Waals surface area contributed by atoms with E-state index in [9.17, 15) is 0 Å². The van der Waals surface area contributed by atoms with Crippen LogP contribution >= 0.6 is 0 Å². The van der Waals surface area contributed by atoms with Crippen molar-refractivity contribution in [3.63, 3.8) is 0 Å². The van der Waals surface area contributed by atoms with E-state index in [1.807, 2.05) is 24.8 Å².